The number of fused-ring (bicyclic) bond motifs is 2. The summed E-state index contributed by atoms with van der Waals surface area (Å²) < 4.78 is 0. The standard InChI is InChI=1S/C60H44N2/c1-3-13-41(14-4-1)43-29-33-51(34-30-43)61(57-23-11-19-45-17-7-9-21-55(45)57)53-37-47-25-27-49-39-54(40-50-28-26-48(38-53)59(47)60(49)50)62(58-24-12-20-46-18-8-10-22-56(46)58)52-35-31-44(32-36-52)42-15-5-2-6-16-42/h1-24,29-40H,25-28H2. The van der Waals surface area contributed by atoms with Gasteiger partial charge in [-0.2, -0.15) is 0 Å². The van der Waals surface area contributed by atoms with Gasteiger partial charge >= 0.3 is 0 Å². The van der Waals surface area contributed by atoms with E-state index in [1.165, 1.54) is 99.9 Å². The van der Waals surface area contributed by atoms with E-state index in [-0.39, 0.29) is 0 Å². The third-order valence-electron chi connectivity index (χ3n) is 13.1. The van der Waals surface area contributed by atoms with Crippen molar-refractivity contribution in [2.24, 2.45) is 0 Å². The maximum Gasteiger partial charge on any atom is 0.0540 e. The zero-order chi connectivity index (χ0) is 41.0. The summed E-state index contributed by atoms with van der Waals surface area (Å²) in [5.41, 5.74) is 20.8. The predicted octanol–water partition coefficient (Wildman–Crippen LogP) is 16.1. The molecule has 0 saturated heterocycles. The summed E-state index contributed by atoms with van der Waals surface area (Å²) >= 11 is 0. The van der Waals surface area contributed by atoms with Crippen molar-refractivity contribution in [3.63, 3.8) is 0 Å². The number of anilines is 6. The van der Waals surface area contributed by atoms with Gasteiger partial charge in [0.25, 0.3) is 0 Å². The number of hydrogen-bond acceptors (Lipinski definition) is 2. The van der Waals surface area contributed by atoms with E-state index in [1.54, 1.807) is 0 Å². The molecule has 0 bridgehead atoms. The molecule has 2 aliphatic carbocycles. The molecule has 0 aliphatic heterocycles. The summed E-state index contributed by atoms with van der Waals surface area (Å²) in [5.74, 6) is 0. The first-order valence-corrected chi connectivity index (χ1v) is 21.9. The molecule has 0 N–H and O–H groups in total. The van der Waals surface area contributed by atoms with Crippen LogP contribution in [-0.2, 0) is 25.7 Å². The van der Waals surface area contributed by atoms with Gasteiger partial charge in [-0.1, -0.05) is 158 Å². The van der Waals surface area contributed by atoms with E-state index in [1.807, 2.05) is 0 Å². The minimum Gasteiger partial charge on any atom is -0.310 e. The lowest BCUT2D eigenvalue weighted by Crippen LogP contribution is -2.18. The highest BCUT2D eigenvalue weighted by atomic mass is 15.1. The first kappa shape index (κ1) is 36.2. The summed E-state index contributed by atoms with van der Waals surface area (Å²) in [6.07, 6.45) is 4.01. The molecule has 0 fully saturated rings. The van der Waals surface area contributed by atoms with Crippen LogP contribution < -0.4 is 9.80 Å². The number of hydrogen-bond donors (Lipinski definition) is 0. The van der Waals surface area contributed by atoms with Crippen molar-refractivity contribution in [1.29, 1.82) is 0 Å². The monoisotopic (exact) mass is 792 g/mol. The summed E-state index contributed by atoms with van der Waals surface area (Å²) in [6.45, 7) is 0. The molecule has 62 heavy (non-hydrogen) atoms. The average Bonchev–Trinajstić information content (AvgIpc) is 3.34. The smallest absolute Gasteiger partial charge is 0.0540 e. The average molecular weight is 793 g/mol. The van der Waals surface area contributed by atoms with E-state index in [9.17, 15) is 0 Å². The summed E-state index contributed by atoms with van der Waals surface area (Å²) in [4.78, 5) is 4.99. The molecule has 0 aromatic heterocycles. The van der Waals surface area contributed by atoms with Crippen LogP contribution in [0.3, 0.4) is 0 Å². The Morgan fingerprint density at radius 3 is 0.968 bits per heavy atom. The van der Waals surface area contributed by atoms with E-state index < -0.39 is 0 Å². The van der Waals surface area contributed by atoms with Gasteiger partial charge in [-0.15, -0.1) is 0 Å². The summed E-state index contributed by atoms with van der Waals surface area (Å²) in [5, 5.41) is 4.99. The molecular weight excluding hydrogens is 749 g/mol. The third-order valence-corrected chi connectivity index (χ3v) is 13.1. The normalized spacial score (nSPS) is 12.6. The highest BCUT2D eigenvalue weighted by Crippen LogP contribution is 2.50. The molecule has 0 radical (unpaired) electrons. The predicted molar refractivity (Wildman–Crippen MR) is 262 cm³/mol. The topological polar surface area (TPSA) is 6.48 Å². The summed E-state index contributed by atoms with van der Waals surface area (Å²) in [6, 6.07) is 80.5. The molecule has 10 aromatic rings. The van der Waals surface area contributed by atoms with E-state index in [4.69, 9.17) is 0 Å². The van der Waals surface area contributed by atoms with Gasteiger partial charge in [-0.05, 0) is 153 Å². The maximum atomic E-state index is 2.49. The van der Waals surface area contributed by atoms with Gasteiger partial charge < -0.3 is 9.80 Å². The Morgan fingerprint density at radius 1 is 0.258 bits per heavy atom. The minimum absolute atomic E-state index is 1.00. The van der Waals surface area contributed by atoms with Crippen molar-refractivity contribution >= 4 is 55.7 Å². The largest absolute Gasteiger partial charge is 0.310 e. The minimum atomic E-state index is 1.00. The molecule has 0 unspecified atom stereocenters. The Balaban J connectivity index is 0.980. The number of nitrogens with zero attached hydrogens (tertiary/aromatic N) is 2. The first-order valence-electron chi connectivity index (χ1n) is 21.9. The lowest BCUT2D eigenvalue weighted by molar-refractivity contribution is 0.875. The molecule has 2 heteroatoms. The SMILES string of the molecule is c1ccc(-c2ccc(N(c3cc4c5c(c3)CCc3cc(N(c6ccc(-c7ccccc7)cc6)c6cccc7ccccc67)cc(c3-5)CC4)c3cccc4ccccc34)cc2)cc1. The van der Waals surface area contributed by atoms with Gasteiger partial charge in [-0.3, -0.25) is 0 Å². The van der Waals surface area contributed by atoms with Crippen LogP contribution in [0.15, 0.2) is 218 Å². The maximum absolute atomic E-state index is 2.49. The van der Waals surface area contributed by atoms with Crippen LogP contribution in [0.1, 0.15) is 22.3 Å². The second kappa shape index (κ2) is 15.1. The molecule has 2 nitrogen and oxygen atoms in total. The van der Waals surface area contributed by atoms with E-state index in [0.717, 1.165) is 37.1 Å². The van der Waals surface area contributed by atoms with Crippen molar-refractivity contribution in [2.75, 3.05) is 9.80 Å². The Bertz CT molecular complexity index is 2990. The third kappa shape index (κ3) is 6.26. The van der Waals surface area contributed by atoms with Gasteiger partial charge in [0.05, 0.1) is 11.4 Å². The van der Waals surface area contributed by atoms with Gasteiger partial charge in [0, 0.05) is 33.5 Å². The van der Waals surface area contributed by atoms with Crippen LogP contribution in [0.2, 0.25) is 0 Å². The Kier molecular flexibility index (Phi) is 8.81. The zero-order valence-corrected chi connectivity index (χ0v) is 34.5. The van der Waals surface area contributed by atoms with Crippen LogP contribution in [-0.4, -0.2) is 0 Å². The number of rotatable bonds is 8. The van der Waals surface area contributed by atoms with Crippen molar-refractivity contribution in [1.82, 2.24) is 0 Å². The van der Waals surface area contributed by atoms with Gasteiger partial charge in [0.2, 0.25) is 0 Å². The molecule has 2 aliphatic rings. The van der Waals surface area contributed by atoms with Crippen LogP contribution >= 0.6 is 0 Å². The van der Waals surface area contributed by atoms with E-state index in [0.29, 0.717) is 0 Å². The van der Waals surface area contributed by atoms with Crippen LogP contribution in [0.25, 0.3) is 54.9 Å². The quantitative estimate of drug-likeness (QED) is 0.151. The molecular formula is C60H44N2. The van der Waals surface area contributed by atoms with Gasteiger partial charge in [0.15, 0.2) is 0 Å². The molecule has 0 amide bonds. The van der Waals surface area contributed by atoms with Gasteiger partial charge in [-0.25, -0.2) is 0 Å². The van der Waals surface area contributed by atoms with E-state index >= 15 is 0 Å². The van der Waals surface area contributed by atoms with Crippen molar-refractivity contribution in [2.45, 2.75) is 25.7 Å². The number of benzene rings is 10. The fourth-order valence-corrected chi connectivity index (χ4v) is 10.3. The van der Waals surface area contributed by atoms with Crippen LogP contribution in [0, 0.1) is 0 Å². The molecule has 0 atom stereocenters. The van der Waals surface area contributed by atoms with Crippen molar-refractivity contribution in [3.05, 3.63) is 241 Å². The Labute approximate surface area is 363 Å². The zero-order valence-electron chi connectivity index (χ0n) is 34.5. The molecule has 0 spiro atoms. The molecule has 10 aromatic carbocycles. The highest BCUT2D eigenvalue weighted by Gasteiger charge is 2.30. The van der Waals surface area contributed by atoms with E-state index in [2.05, 4.69) is 228 Å². The first-order chi connectivity index (χ1) is 30.7. The second-order valence-corrected chi connectivity index (χ2v) is 16.8. The van der Waals surface area contributed by atoms with Crippen molar-refractivity contribution in [3.8, 4) is 33.4 Å². The second-order valence-electron chi connectivity index (χ2n) is 16.8. The van der Waals surface area contributed by atoms with Gasteiger partial charge in [0.1, 0.15) is 0 Å². The lowest BCUT2D eigenvalue weighted by Gasteiger charge is -2.35. The summed E-state index contributed by atoms with van der Waals surface area (Å²) in [7, 11) is 0. The van der Waals surface area contributed by atoms with Crippen LogP contribution in [0.4, 0.5) is 34.1 Å². The fraction of sp³-hybridized carbons (Fsp3) is 0.0667. The molecule has 294 valence electrons. The Hall–Kier alpha value is -7.68. The number of aryl methyl sites for hydroxylation is 4. The molecule has 0 saturated carbocycles. The Morgan fingerprint density at radius 2 is 0.581 bits per heavy atom. The highest BCUT2D eigenvalue weighted by molar-refractivity contribution is 6.01. The lowest BCUT2D eigenvalue weighted by atomic mass is 9.75. The van der Waals surface area contributed by atoms with Crippen molar-refractivity contribution < 1.29 is 0 Å². The molecule has 0 heterocycles. The molecule has 12 rings (SSSR count). The van der Waals surface area contributed by atoms with Crippen LogP contribution in [0.5, 0.6) is 0 Å². The fourth-order valence-electron chi connectivity index (χ4n) is 10.3.